The van der Waals surface area contributed by atoms with Gasteiger partial charge in [-0.1, -0.05) is 23.4 Å². The normalized spacial score (nSPS) is 17.0. The van der Waals surface area contributed by atoms with E-state index in [1.807, 2.05) is 0 Å². The molecule has 0 atom stereocenters. The molecule has 0 saturated heterocycles. The molecular weight excluding hydrogens is 138 g/mol. The van der Waals surface area contributed by atoms with E-state index in [4.69, 9.17) is 0 Å². The molecule has 0 bridgehead atoms. The second-order valence-corrected chi connectivity index (χ2v) is 2.43. The molecule has 0 unspecified atom stereocenters. The summed E-state index contributed by atoms with van der Waals surface area (Å²) >= 11 is 0. The van der Waals surface area contributed by atoms with Gasteiger partial charge in [0.15, 0.2) is 0 Å². The Balaban J connectivity index is 2.31. The first-order valence-electron chi connectivity index (χ1n) is 3.84. The quantitative estimate of drug-likeness (QED) is 0.448. The third kappa shape index (κ3) is 3.03. The van der Waals surface area contributed by atoms with E-state index in [0.717, 1.165) is 12.8 Å². The molecule has 0 radical (unpaired) electrons. The van der Waals surface area contributed by atoms with Crippen molar-refractivity contribution in [2.24, 2.45) is 5.16 Å². The number of allylic oxidation sites excluding steroid dienone is 4. The van der Waals surface area contributed by atoms with E-state index in [1.165, 1.54) is 12.0 Å². The fraction of sp³-hybridized carbons (Fsp3) is 0.444. The van der Waals surface area contributed by atoms with Crippen LogP contribution in [-0.4, -0.2) is 13.3 Å². The van der Waals surface area contributed by atoms with E-state index in [1.54, 1.807) is 13.3 Å². The van der Waals surface area contributed by atoms with Crippen molar-refractivity contribution in [1.82, 2.24) is 0 Å². The van der Waals surface area contributed by atoms with Crippen LogP contribution in [0.25, 0.3) is 0 Å². The summed E-state index contributed by atoms with van der Waals surface area (Å²) in [6, 6.07) is 0. The van der Waals surface area contributed by atoms with Crippen LogP contribution >= 0.6 is 0 Å². The maximum atomic E-state index is 4.55. The van der Waals surface area contributed by atoms with Crippen molar-refractivity contribution >= 4 is 6.21 Å². The third-order valence-corrected chi connectivity index (χ3v) is 1.58. The van der Waals surface area contributed by atoms with Crippen LogP contribution in [0.15, 0.2) is 29.0 Å². The highest BCUT2D eigenvalue weighted by atomic mass is 16.6. The largest absolute Gasteiger partial charge is 0.399 e. The van der Waals surface area contributed by atoms with E-state index in [-0.39, 0.29) is 0 Å². The Labute approximate surface area is 67.2 Å². The Bertz CT molecular complexity index is 192. The SMILES string of the molecule is CON=CCC1=CCCC=C1. The van der Waals surface area contributed by atoms with Gasteiger partial charge in [-0.05, 0) is 18.4 Å². The monoisotopic (exact) mass is 151 g/mol. The lowest BCUT2D eigenvalue weighted by molar-refractivity contribution is 0.215. The van der Waals surface area contributed by atoms with Gasteiger partial charge < -0.3 is 4.84 Å². The van der Waals surface area contributed by atoms with Crippen LogP contribution in [0.2, 0.25) is 0 Å². The molecule has 1 aliphatic rings. The molecule has 0 amide bonds. The molecule has 0 saturated carbocycles. The van der Waals surface area contributed by atoms with Gasteiger partial charge in [0, 0.05) is 12.6 Å². The first-order valence-corrected chi connectivity index (χ1v) is 3.84. The van der Waals surface area contributed by atoms with Gasteiger partial charge in [0.05, 0.1) is 0 Å². The highest BCUT2D eigenvalue weighted by Gasteiger charge is 1.93. The van der Waals surface area contributed by atoms with Gasteiger partial charge in [-0.2, -0.15) is 0 Å². The van der Waals surface area contributed by atoms with Crippen molar-refractivity contribution < 1.29 is 4.84 Å². The van der Waals surface area contributed by atoms with Gasteiger partial charge in [-0.3, -0.25) is 0 Å². The summed E-state index contributed by atoms with van der Waals surface area (Å²) in [4.78, 5) is 4.55. The van der Waals surface area contributed by atoms with E-state index in [9.17, 15) is 0 Å². The van der Waals surface area contributed by atoms with Gasteiger partial charge in [0.25, 0.3) is 0 Å². The molecule has 2 nitrogen and oxygen atoms in total. The van der Waals surface area contributed by atoms with Gasteiger partial charge in [0.1, 0.15) is 7.11 Å². The predicted molar refractivity (Wildman–Crippen MR) is 46.6 cm³/mol. The summed E-state index contributed by atoms with van der Waals surface area (Å²) in [6.45, 7) is 0. The Kier molecular flexibility index (Phi) is 3.45. The van der Waals surface area contributed by atoms with Crippen molar-refractivity contribution in [1.29, 1.82) is 0 Å². The molecule has 2 heteroatoms. The molecular formula is C9H13NO. The highest BCUT2D eigenvalue weighted by Crippen LogP contribution is 2.11. The second kappa shape index (κ2) is 4.72. The number of oxime groups is 1. The van der Waals surface area contributed by atoms with Crippen LogP contribution in [0.1, 0.15) is 19.3 Å². The maximum Gasteiger partial charge on any atom is 0.106 e. The molecule has 11 heavy (non-hydrogen) atoms. The zero-order valence-electron chi connectivity index (χ0n) is 6.79. The summed E-state index contributed by atoms with van der Waals surface area (Å²) in [7, 11) is 1.56. The Morgan fingerprint density at radius 1 is 1.64 bits per heavy atom. The molecule has 0 spiro atoms. The van der Waals surface area contributed by atoms with Crippen LogP contribution in [0.3, 0.4) is 0 Å². The van der Waals surface area contributed by atoms with E-state index in [0.29, 0.717) is 0 Å². The first kappa shape index (κ1) is 8.05. The first-order chi connectivity index (χ1) is 5.43. The van der Waals surface area contributed by atoms with Gasteiger partial charge in [-0.15, -0.1) is 0 Å². The van der Waals surface area contributed by atoms with Gasteiger partial charge in [0.2, 0.25) is 0 Å². The fourth-order valence-corrected chi connectivity index (χ4v) is 1.04. The molecule has 0 aromatic heterocycles. The average Bonchev–Trinajstić information content (AvgIpc) is 2.07. The standard InChI is InChI=1S/C9H13NO/c1-11-10-8-7-9-5-3-2-4-6-9/h3,5-6,8H,2,4,7H2,1H3. The zero-order chi connectivity index (χ0) is 7.94. The fourth-order valence-electron chi connectivity index (χ4n) is 1.04. The van der Waals surface area contributed by atoms with Crippen molar-refractivity contribution in [2.45, 2.75) is 19.3 Å². The summed E-state index contributed by atoms with van der Waals surface area (Å²) in [5, 5.41) is 3.67. The topological polar surface area (TPSA) is 21.6 Å². The van der Waals surface area contributed by atoms with Crippen molar-refractivity contribution in [3.05, 3.63) is 23.8 Å². The predicted octanol–water partition coefficient (Wildman–Crippen LogP) is 2.29. The van der Waals surface area contributed by atoms with E-state index < -0.39 is 0 Å². The van der Waals surface area contributed by atoms with Gasteiger partial charge in [-0.25, -0.2) is 0 Å². The van der Waals surface area contributed by atoms with Crippen molar-refractivity contribution in [3.8, 4) is 0 Å². The molecule has 0 fully saturated rings. The van der Waals surface area contributed by atoms with Crippen LogP contribution in [0.5, 0.6) is 0 Å². The molecule has 60 valence electrons. The summed E-state index contributed by atoms with van der Waals surface area (Å²) < 4.78 is 0. The average molecular weight is 151 g/mol. The minimum atomic E-state index is 0.879. The zero-order valence-corrected chi connectivity index (χ0v) is 6.79. The van der Waals surface area contributed by atoms with Crippen LogP contribution in [-0.2, 0) is 4.84 Å². The Hall–Kier alpha value is -1.05. The Morgan fingerprint density at radius 3 is 3.18 bits per heavy atom. The van der Waals surface area contributed by atoms with Crippen molar-refractivity contribution in [2.75, 3.05) is 7.11 Å². The van der Waals surface area contributed by atoms with Crippen LogP contribution in [0, 0.1) is 0 Å². The molecule has 0 aliphatic heterocycles. The molecule has 0 aromatic carbocycles. The van der Waals surface area contributed by atoms with Gasteiger partial charge >= 0.3 is 0 Å². The second-order valence-electron chi connectivity index (χ2n) is 2.43. The van der Waals surface area contributed by atoms with E-state index >= 15 is 0 Å². The summed E-state index contributed by atoms with van der Waals surface area (Å²) in [5.74, 6) is 0. The smallest absolute Gasteiger partial charge is 0.106 e. The lowest BCUT2D eigenvalue weighted by Gasteiger charge is -2.01. The molecule has 1 rings (SSSR count). The summed E-state index contributed by atoms with van der Waals surface area (Å²) in [6.07, 6.45) is 11.6. The van der Waals surface area contributed by atoms with Crippen LogP contribution in [0.4, 0.5) is 0 Å². The lowest BCUT2D eigenvalue weighted by atomic mass is 10.1. The highest BCUT2D eigenvalue weighted by molar-refractivity contribution is 5.61. The molecule has 0 N–H and O–H groups in total. The number of nitrogens with zero attached hydrogens (tertiary/aromatic N) is 1. The molecule has 1 aliphatic carbocycles. The number of rotatable bonds is 3. The van der Waals surface area contributed by atoms with Crippen molar-refractivity contribution in [3.63, 3.8) is 0 Å². The van der Waals surface area contributed by atoms with Crippen LogP contribution < -0.4 is 0 Å². The number of hydrogen-bond acceptors (Lipinski definition) is 2. The lowest BCUT2D eigenvalue weighted by Crippen LogP contribution is -1.86. The van der Waals surface area contributed by atoms with E-state index in [2.05, 4.69) is 28.2 Å². The third-order valence-electron chi connectivity index (χ3n) is 1.58. The minimum absolute atomic E-state index is 0.879. The molecule has 0 aromatic rings. The number of hydrogen-bond donors (Lipinski definition) is 0. The maximum absolute atomic E-state index is 4.55. The summed E-state index contributed by atoms with van der Waals surface area (Å²) in [5.41, 5.74) is 1.33. The minimum Gasteiger partial charge on any atom is -0.399 e. The molecule has 0 heterocycles. The Morgan fingerprint density at radius 2 is 2.55 bits per heavy atom.